The van der Waals surface area contributed by atoms with Crippen molar-refractivity contribution in [1.29, 1.82) is 0 Å². The van der Waals surface area contributed by atoms with E-state index >= 15 is 0 Å². The number of carbonyl (C=O) groups is 1. The molecular weight excluding hydrogens is 244 g/mol. The summed E-state index contributed by atoms with van der Waals surface area (Å²) < 4.78 is 26.3. The Morgan fingerprint density at radius 1 is 1.47 bits per heavy atom. The molecule has 1 fully saturated rings. The SMILES string of the molecule is CCC1(C(=O)O)CCCN(S(=O)(=O)N(C)C)C1. The van der Waals surface area contributed by atoms with Gasteiger partial charge in [-0.25, -0.2) is 0 Å². The van der Waals surface area contributed by atoms with Crippen molar-refractivity contribution in [2.75, 3.05) is 27.2 Å². The maximum atomic E-state index is 12.0. The Bertz CT molecular complexity index is 393. The molecule has 0 aromatic heterocycles. The highest BCUT2D eigenvalue weighted by Gasteiger charge is 2.44. The lowest BCUT2D eigenvalue weighted by Crippen LogP contribution is -2.52. The maximum Gasteiger partial charge on any atom is 0.310 e. The van der Waals surface area contributed by atoms with Gasteiger partial charge in [0.2, 0.25) is 0 Å². The number of hydrogen-bond donors (Lipinski definition) is 1. The summed E-state index contributed by atoms with van der Waals surface area (Å²) in [6.07, 6.45) is 1.58. The second-order valence-corrected chi connectivity index (χ2v) is 6.81. The third-order valence-corrected chi connectivity index (χ3v) is 5.35. The van der Waals surface area contributed by atoms with Crippen LogP contribution in [-0.4, -0.2) is 55.3 Å². The lowest BCUT2D eigenvalue weighted by molar-refractivity contribution is -0.151. The van der Waals surface area contributed by atoms with Gasteiger partial charge in [-0.3, -0.25) is 4.79 Å². The normalized spacial score (nSPS) is 27.3. The molecule has 1 rings (SSSR count). The van der Waals surface area contributed by atoms with Crippen molar-refractivity contribution in [3.05, 3.63) is 0 Å². The van der Waals surface area contributed by atoms with Gasteiger partial charge in [-0.15, -0.1) is 0 Å². The fourth-order valence-electron chi connectivity index (χ4n) is 2.13. The van der Waals surface area contributed by atoms with Gasteiger partial charge >= 0.3 is 5.97 Å². The van der Waals surface area contributed by atoms with Gasteiger partial charge in [0.05, 0.1) is 5.41 Å². The Hall–Kier alpha value is -0.660. The first-order chi connectivity index (χ1) is 7.76. The zero-order valence-electron chi connectivity index (χ0n) is 10.5. The van der Waals surface area contributed by atoms with E-state index in [1.54, 1.807) is 6.92 Å². The largest absolute Gasteiger partial charge is 0.481 e. The van der Waals surface area contributed by atoms with E-state index in [1.807, 2.05) is 0 Å². The molecule has 17 heavy (non-hydrogen) atoms. The third kappa shape index (κ3) is 2.61. The van der Waals surface area contributed by atoms with E-state index in [0.717, 1.165) is 4.31 Å². The van der Waals surface area contributed by atoms with Crippen LogP contribution in [0, 0.1) is 5.41 Å². The topological polar surface area (TPSA) is 77.9 Å². The van der Waals surface area contributed by atoms with Crippen LogP contribution in [0.2, 0.25) is 0 Å². The molecular formula is C10H20N2O4S. The number of rotatable bonds is 4. The van der Waals surface area contributed by atoms with E-state index in [4.69, 9.17) is 0 Å². The minimum Gasteiger partial charge on any atom is -0.481 e. The maximum absolute atomic E-state index is 12.0. The summed E-state index contributed by atoms with van der Waals surface area (Å²) in [6.45, 7) is 2.26. The van der Waals surface area contributed by atoms with E-state index < -0.39 is 21.6 Å². The summed E-state index contributed by atoms with van der Waals surface area (Å²) in [5, 5.41) is 9.28. The van der Waals surface area contributed by atoms with Crippen LogP contribution in [-0.2, 0) is 15.0 Å². The molecule has 0 aliphatic carbocycles. The predicted molar refractivity (Wildman–Crippen MR) is 63.8 cm³/mol. The van der Waals surface area contributed by atoms with Crippen LogP contribution in [0.4, 0.5) is 0 Å². The first-order valence-electron chi connectivity index (χ1n) is 5.67. The first kappa shape index (κ1) is 14.4. The van der Waals surface area contributed by atoms with Crippen molar-refractivity contribution in [3.8, 4) is 0 Å². The van der Waals surface area contributed by atoms with Gasteiger partial charge < -0.3 is 5.11 Å². The van der Waals surface area contributed by atoms with Gasteiger partial charge in [0, 0.05) is 27.2 Å². The summed E-state index contributed by atoms with van der Waals surface area (Å²) in [7, 11) is -0.598. The smallest absolute Gasteiger partial charge is 0.310 e. The Kier molecular flexibility index (Phi) is 4.16. The number of hydrogen-bond acceptors (Lipinski definition) is 3. The Balaban J connectivity index is 2.98. The lowest BCUT2D eigenvalue weighted by Gasteiger charge is -2.39. The van der Waals surface area contributed by atoms with E-state index in [1.165, 1.54) is 18.4 Å². The minimum absolute atomic E-state index is 0.0688. The molecule has 0 bridgehead atoms. The molecule has 0 aromatic rings. The van der Waals surface area contributed by atoms with Crippen molar-refractivity contribution < 1.29 is 18.3 Å². The lowest BCUT2D eigenvalue weighted by atomic mass is 9.78. The van der Waals surface area contributed by atoms with E-state index in [2.05, 4.69) is 0 Å². The molecule has 7 heteroatoms. The van der Waals surface area contributed by atoms with Crippen molar-refractivity contribution >= 4 is 16.2 Å². The molecule has 0 radical (unpaired) electrons. The number of carboxylic acid groups (broad SMARTS) is 1. The summed E-state index contributed by atoms with van der Waals surface area (Å²) in [5.41, 5.74) is -0.929. The van der Waals surface area contributed by atoms with Crippen LogP contribution in [0.1, 0.15) is 26.2 Å². The van der Waals surface area contributed by atoms with Gasteiger partial charge in [0.25, 0.3) is 10.2 Å². The van der Waals surface area contributed by atoms with Crippen molar-refractivity contribution in [2.45, 2.75) is 26.2 Å². The highest BCUT2D eigenvalue weighted by Crippen LogP contribution is 2.34. The molecule has 6 nitrogen and oxygen atoms in total. The molecule has 1 atom stereocenters. The molecule has 1 N–H and O–H groups in total. The fourth-order valence-corrected chi connectivity index (χ4v) is 3.36. The zero-order chi connectivity index (χ0) is 13.3. The van der Waals surface area contributed by atoms with E-state index in [9.17, 15) is 18.3 Å². The molecule has 1 saturated heterocycles. The van der Waals surface area contributed by atoms with Crippen LogP contribution >= 0.6 is 0 Å². The van der Waals surface area contributed by atoms with Crippen LogP contribution < -0.4 is 0 Å². The van der Waals surface area contributed by atoms with Crippen molar-refractivity contribution in [2.24, 2.45) is 5.41 Å². The number of nitrogens with zero attached hydrogens (tertiary/aromatic N) is 2. The van der Waals surface area contributed by atoms with Gasteiger partial charge in [0.1, 0.15) is 0 Å². The van der Waals surface area contributed by atoms with Crippen LogP contribution in [0.15, 0.2) is 0 Å². The van der Waals surface area contributed by atoms with Gasteiger partial charge in [-0.2, -0.15) is 17.0 Å². The summed E-state index contributed by atoms with van der Waals surface area (Å²) in [4.78, 5) is 11.3. The second kappa shape index (κ2) is 4.91. The molecule has 100 valence electrons. The van der Waals surface area contributed by atoms with Crippen LogP contribution in [0.3, 0.4) is 0 Å². The molecule has 0 aromatic carbocycles. The highest BCUT2D eigenvalue weighted by molar-refractivity contribution is 7.86. The Labute approximate surface area is 102 Å². The quantitative estimate of drug-likeness (QED) is 0.795. The molecule has 0 spiro atoms. The van der Waals surface area contributed by atoms with E-state index in [-0.39, 0.29) is 6.54 Å². The zero-order valence-corrected chi connectivity index (χ0v) is 11.3. The van der Waals surface area contributed by atoms with Gasteiger partial charge in [-0.1, -0.05) is 6.92 Å². The summed E-state index contributed by atoms with van der Waals surface area (Å²) in [6, 6.07) is 0. The third-order valence-electron chi connectivity index (χ3n) is 3.46. The van der Waals surface area contributed by atoms with Gasteiger partial charge in [0.15, 0.2) is 0 Å². The monoisotopic (exact) mass is 264 g/mol. The minimum atomic E-state index is -3.51. The summed E-state index contributed by atoms with van der Waals surface area (Å²) in [5.74, 6) is -0.904. The average Bonchev–Trinajstić information content (AvgIpc) is 2.28. The molecule has 1 unspecified atom stereocenters. The fraction of sp³-hybridized carbons (Fsp3) is 0.900. The van der Waals surface area contributed by atoms with Crippen LogP contribution in [0.25, 0.3) is 0 Å². The molecule has 1 aliphatic rings. The molecule has 0 amide bonds. The molecule has 0 saturated carbocycles. The predicted octanol–water partition coefficient (Wildman–Crippen LogP) is 0.370. The van der Waals surface area contributed by atoms with Crippen LogP contribution in [0.5, 0.6) is 0 Å². The highest BCUT2D eigenvalue weighted by atomic mass is 32.2. The Morgan fingerprint density at radius 2 is 2.06 bits per heavy atom. The number of aliphatic carboxylic acids is 1. The molecule has 1 heterocycles. The standard InChI is InChI=1S/C10H20N2O4S/c1-4-10(9(13)14)6-5-7-12(8-10)17(15,16)11(2)3/h4-8H2,1-3H3,(H,13,14). The number of piperidine rings is 1. The van der Waals surface area contributed by atoms with Gasteiger partial charge in [-0.05, 0) is 19.3 Å². The first-order valence-corrected chi connectivity index (χ1v) is 7.07. The summed E-state index contributed by atoms with van der Waals surface area (Å²) >= 11 is 0. The number of carboxylic acids is 1. The van der Waals surface area contributed by atoms with Crippen molar-refractivity contribution in [3.63, 3.8) is 0 Å². The average molecular weight is 264 g/mol. The van der Waals surface area contributed by atoms with Crippen molar-refractivity contribution in [1.82, 2.24) is 8.61 Å². The Morgan fingerprint density at radius 3 is 2.47 bits per heavy atom. The molecule has 1 aliphatic heterocycles. The second-order valence-electron chi connectivity index (χ2n) is 4.67. The van der Waals surface area contributed by atoms with E-state index in [0.29, 0.717) is 25.8 Å².